The van der Waals surface area contributed by atoms with Crippen molar-refractivity contribution in [2.24, 2.45) is 0 Å². The summed E-state index contributed by atoms with van der Waals surface area (Å²) in [6.07, 6.45) is 2.20. The normalized spacial score (nSPS) is 10.9. The van der Waals surface area contributed by atoms with E-state index in [-0.39, 0.29) is 11.8 Å². The first-order chi connectivity index (χ1) is 14.6. The molecular formula is C25H24N2O3. The number of hydrogen-bond acceptors (Lipinski definition) is 3. The van der Waals surface area contributed by atoms with E-state index in [4.69, 9.17) is 4.74 Å². The van der Waals surface area contributed by atoms with Gasteiger partial charge in [0, 0.05) is 28.9 Å². The monoisotopic (exact) mass is 400 g/mol. The number of carbonyl (C=O) groups excluding carboxylic acids is 2. The van der Waals surface area contributed by atoms with E-state index in [0.717, 1.165) is 11.1 Å². The van der Waals surface area contributed by atoms with Crippen LogP contribution in [0.2, 0.25) is 0 Å². The van der Waals surface area contributed by atoms with E-state index in [1.807, 2.05) is 60.7 Å². The van der Waals surface area contributed by atoms with Gasteiger partial charge in [0.1, 0.15) is 5.75 Å². The largest absolute Gasteiger partial charge is 0.496 e. The molecule has 0 fully saturated rings. The quantitative estimate of drug-likeness (QED) is 0.422. The molecule has 0 saturated carbocycles. The summed E-state index contributed by atoms with van der Waals surface area (Å²) in [6.45, 7) is 1.79. The molecule has 0 heterocycles. The third-order valence-corrected chi connectivity index (χ3v) is 4.49. The highest BCUT2D eigenvalue weighted by molar-refractivity contribution is 6.29. The molecular weight excluding hydrogens is 376 g/mol. The van der Waals surface area contributed by atoms with E-state index in [1.54, 1.807) is 38.3 Å². The number of nitrogens with one attached hydrogen (secondary N) is 2. The number of anilines is 2. The van der Waals surface area contributed by atoms with E-state index in [1.165, 1.54) is 0 Å². The summed E-state index contributed by atoms with van der Waals surface area (Å²) in [7, 11) is 1.60. The van der Waals surface area contributed by atoms with Crippen molar-refractivity contribution in [2.45, 2.75) is 13.3 Å². The highest BCUT2D eigenvalue weighted by Crippen LogP contribution is 2.26. The van der Waals surface area contributed by atoms with E-state index in [9.17, 15) is 9.59 Å². The van der Waals surface area contributed by atoms with Gasteiger partial charge in [-0.15, -0.1) is 0 Å². The Bertz CT molecular complexity index is 1060. The second kappa shape index (κ2) is 10.1. The molecule has 0 aliphatic heterocycles. The van der Waals surface area contributed by atoms with Gasteiger partial charge in [-0.25, -0.2) is 0 Å². The molecule has 0 bridgehead atoms. The van der Waals surface area contributed by atoms with Gasteiger partial charge in [-0.05, 0) is 35.9 Å². The Morgan fingerprint density at radius 2 is 1.53 bits per heavy atom. The van der Waals surface area contributed by atoms with Crippen LogP contribution in [0.25, 0.3) is 11.6 Å². The number of para-hydroxylation sites is 1. The third-order valence-electron chi connectivity index (χ3n) is 4.49. The molecule has 2 N–H and O–H groups in total. The van der Waals surface area contributed by atoms with Crippen LogP contribution in [0.3, 0.4) is 0 Å². The van der Waals surface area contributed by atoms with Gasteiger partial charge in [-0.2, -0.15) is 0 Å². The predicted octanol–water partition coefficient (Wildman–Crippen LogP) is 5.22. The number of rotatable bonds is 7. The van der Waals surface area contributed by atoms with Crippen molar-refractivity contribution < 1.29 is 14.3 Å². The Morgan fingerprint density at radius 1 is 0.867 bits per heavy atom. The molecule has 0 atom stereocenters. The van der Waals surface area contributed by atoms with Crippen LogP contribution in [0.15, 0.2) is 78.9 Å². The Labute approximate surface area is 176 Å². The van der Waals surface area contributed by atoms with Gasteiger partial charge in [0.2, 0.25) is 5.91 Å². The van der Waals surface area contributed by atoms with Crippen LogP contribution >= 0.6 is 0 Å². The molecule has 0 radical (unpaired) electrons. The highest BCUT2D eigenvalue weighted by Gasteiger charge is 2.14. The van der Waals surface area contributed by atoms with E-state index < -0.39 is 0 Å². The summed E-state index contributed by atoms with van der Waals surface area (Å²) in [5.41, 5.74) is 3.32. The van der Waals surface area contributed by atoms with Gasteiger partial charge in [0.15, 0.2) is 0 Å². The first-order valence-corrected chi connectivity index (χ1v) is 9.72. The zero-order valence-corrected chi connectivity index (χ0v) is 17.0. The minimum absolute atomic E-state index is 0.0838. The number of carbonyl (C=O) groups is 2. The van der Waals surface area contributed by atoms with Crippen molar-refractivity contribution in [3.63, 3.8) is 0 Å². The van der Waals surface area contributed by atoms with Crippen molar-refractivity contribution in [2.75, 3.05) is 17.7 Å². The minimum Gasteiger partial charge on any atom is -0.496 e. The molecule has 0 unspecified atom stereocenters. The molecule has 0 aliphatic rings. The topological polar surface area (TPSA) is 67.4 Å². The molecule has 3 aromatic rings. The number of methoxy groups -OCH3 is 1. The van der Waals surface area contributed by atoms with Crippen LogP contribution in [0.4, 0.5) is 11.4 Å². The maximum atomic E-state index is 13.2. The Hall–Kier alpha value is -3.86. The fourth-order valence-electron chi connectivity index (χ4n) is 2.96. The molecule has 0 saturated heterocycles. The minimum atomic E-state index is -0.258. The number of benzene rings is 3. The maximum absolute atomic E-state index is 13.2. The van der Waals surface area contributed by atoms with Crippen LogP contribution in [0.1, 0.15) is 24.5 Å². The SMILES string of the molecule is CCC(=O)Nc1cccc(NC(=O)/C(=C/c2ccccc2OC)c2ccccc2)c1. The van der Waals surface area contributed by atoms with E-state index in [2.05, 4.69) is 10.6 Å². The number of hydrogen-bond donors (Lipinski definition) is 2. The zero-order valence-electron chi connectivity index (χ0n) is 17.0. The van der Waals surface area contributed by atoms with Crippen molar-refractivity contribution in [1.29, 1.82) is 0 Å². The lowest BCUT2D eigenvalue weighted by atomic mass is 10.0. The van der Waals surface area contributed by atoms with Crippen LogP contribution < -0.4 is 15.4 Å². The molecule has 3 aromatic carbocycles. The summed E-state index contributed by atoms with van der Waals surface area (Å²) in [6, 6.07) is 24.1. The molecule has 0 aliphatic carbocycles. The average Bonchev–Trinajstić information content (AvgIpc) is 2.78. The van der Waals surface area contributed by atoms with Gasteiger partial charge in [0.25, 0.3) is 5.91 Å². The van der Waals surface area contributed by atoms with Gasteiger partial charge < -0.3 is 15.4 Å². The molecule has 0 spiro atoms. The second-order valence-electron chi connectivity index (χ2n) is 6.60. The van der Waals surface area contributed by atoms with Crippen molar-refractivity contribution in [3.8, 4) is 5.75 Å². The van der Waals surface area contributed by atoms with Gasteiger partial charge in [-0.3, -0.25) is 9.59 Å². The third kappa shape index (κ3) is 5.35. The van der Waals surface area contributed by atoms with E-state index in [0.29, 0.717) is 29.1 Å². The number of amides is 2. The molecule has 5 nitrogen and oxygen atoms in total. The highest BCUT2D eigenvalue weighted by atomic mass is 16.5. The fraction of sp³-hybridized carbons (Fsp3) is 0.120. The maximum Gasteiger partial charge on any atom is 0.256 e. The Kier molecular flexibility index (Phi) is 7.00. The van der Waals surface area contributed by atoms with Crippen LogP contribution in [0, 0.1) is 0 Å². The van der Waals surface area contributed by atoms with Gasteiger partial charge in [-0.1, -0.05) is 61.5 Å². The Morgan fingerprint density at radius 3 is 2.23 bits per heavy atom. The lowest BCUT2D eigenvalue weighted by Gasteiger charge is -2.12. The predicted molar refractivity (Wildman–Crippen MR) is 121 cm³/mol. The fourth-order valence-corrected chi connectivity index (χ4v) is 2.96. The molecule has 5 heteroatoms. The molecule has 152 valence electrons. The second-order valence-corrected chi connectivity index (χ2v) is 6.60. The molecule has 3 rings (SSSR count). The summed E-state index contributed by atoms with van der Waals surface area (Å²) in [4.78, 5) is 24.9. The van der Waals surface area contributed by atoms with Gasteiger partial charge in [0.05, 0.1) is 7.11 Å². The molecule has 30 heavy (non-hydrogen) atoms. The lowest BCUT2D eigenvalue weighted by molar-refractivity contribution is -0.116. The van der Waals surface area contributed by atoms with Crippen LogP contribution in [0.5, 0.6) is 5.75 Å². The summed E-state index contributed by atoms with van der Waals surface area (Å²) < 4.78 is 5.43. The smallest absolute Gasteiger partial charge is 0.256 e. The molecule has 0 aromatic heterocycles. The van der Waals surface area contributed by atoms with Crippen molar-refractivity contribution in [1.82, 2.24) is 0 Å². The summed E-state index contributed by atoms with van der Waals surface area (Å²) in [5, 5.41) is 5.73. The average molecular weight is 400 g/mol. The lowest BCUT2D eigenvalue weighted by Crippen LogP contribution is -2.14. The molecule has 2 amide bonds. The summed E-state index contributed by atoms with van der Waals surface area (Å²) in [5.74, 6) is 0.341. The van der Waals surface area contributed by atoms with Crippen molar-refractivity contribution in [3.05, 3.63) is 90.0 Å². The van der Waals surface area contributed by atoms with Gasteiger partial charge >= 0.3 is 0 Å². The number of ether oxygens (including phenoxy) is 1. The van der Waals surface area contributed by atoms with Crippen LogP contribution in [-0.2, 0) is 9.59 Å². The first kappa shape index (κ1) is 20.9. The van der Waals surface area contributed by atoms with Crippen molar-refractivity contribution >= 4 is 34.8 Å². The summed E-state index contributed by atoms with van der Waals surface area (Å²) >= 11 is 0. The zero-order chi connectivity index (χ0) is 21.3. The standard InChI is InChI=1S/C25H24N2O3/c1-3-24(28)26-20-13-9-14-21(17-20)27-25(29)22(18-10-5-4-6-11-18)16-19-12-7-8-15-23(19)30-2/h4-17H,3H2,1-2H3,(H,26,28)(H,27,29)/b22-16+. The van der Waals surface area contributed by atoms with Crippen LogP contribution in [-0.4, -0.2) is 18.9 Å². The van der Waals surface area contributed by atoms with E-state index >= 15 is 0 Å². The first-order valence-electron chi connectivity index (χ1n) is 9.72. The Balaban J connectivity index is 1.93.